The highest BCUT2D eigenvalue weighted by Gasteiger charge is 2.29. The molecule has 0 unspecified atom stereocenters. The largest absolute Gasteiger partial charge is 0.395 e. The van der Waals surface area contributed by atoms with Crippen LogP contribution in [0.2, 0.25) is 0 Å². The first-order valence-electron chi connectivity index (χ1n) is 6.11. The number of aliphatic hydroxyl groups excluding tert-OH is 1. The number of aliphatic hydroxyl groups is 1. The molecule has 0 aliphatic heterocycles. The molecule has 0 spiro atoms. The molecule has 0 bridgehead atoms. The zero-order valence-corrected chi connectivity index (χ0v) is 11.3. The first-order chi connectivity index (χ1) is 8.65. The summed E-state index contributed by atoms with van der Waals surface area (Å²) in [6.07, 6.45) is 2.42. The van der Waals surface area contributed by atoms with Crippen LogP contribution in [0, 0.1) is 6.92 Å². The Bertz CT molecular complexity index is 429. The van der Waals surface area contributed by atoms with Crippen molar-refractivity contribution in [2.45, 2.75) is 32.4 Å². The lowest BCUT2D eigenvalue weighted by Crippen LogP contribution is -2.29. The third kappa shape index (κ3) is 3.08. The SMILES string of the molecule is Cc1sc(C(=O)NN)cc1CN(CCO)C1CC1. The lowest BCUT2D eigenvalue weighted by atomic mass is 10.2. The minimum Gasteiger partial charge on any atom is -0.395 e. The van der Waals surface area contributed by atoms with Crippen LogP contribution in [-0.2, 0) is 6.54 Å². The summed E-state index contributed by atoms with van der Waals surface area (Å²) in [6, 6.07) is 2.50. The van der Waals surface area contributed by atoms with E-state index in [-0.39, 0.29) is 12.5 Å². The normalized spacial score (nSPS) is 15.1. The number of nitrogens with one attached hydrogen (secondary N) is 1. The van der Waals surface area contributed by atoms with Gasteiger partial charge < -0.3 is 5.11 Å². The van der Waals surface area contributed by atoms with Crippen LogP contribution in [0.3, 0.4) is 0 Å². The van der Waals surface area contributed by atoms with Gasteiger partial charge in [-0.15, -0.1) is 11.3 Å². The van der Waals surface area contributed by atoms with E-state index in [0.717, 1.165) is 17.0 Å². The van der Waals surface area contributed by atoms with Gasteiger partial charge in [-0.3, -0.25) is 15.1 Å². The Balaban J connectivity index is 2.07. The van der Waals surface area contributed by atoms with Gasteiger partial charge in [-0.2, -0.15) is 0 Å². The van der Waals surface area contributed by atoms with E-state index < -0.39 is 0 Å². The maximum atomic E-state index is 11.5. The maximum Gasteiger partial charge on any atom is 0.275 e. The number of hydrogen-bond acceptors (Lipinski definition) is 5. The van der Waals surface area contributed by atoms with Gasteiger partial charge in [0.25, 0.3) is 5.91 Å². The summed E-state index contributed by atoms with van der Waals surface area (Å²) in [5, 5.41) is 9.07. The molecule has 0 saturated heterocycles. The number of hydrogen-bond donors (Lipinski definition) is 3. The molecule has 1 fully saturated rings. The second-order valence-corrected chi connectivity index (χ2v) is 5.85. The minimum absolute atomic E-state index is 0.176. The van der Waals surface area contributed by atoms with Crippen molar-refractivity contribution in [1.29, 1.82) is 0 Å². The first kappa shape index (κ1) is 13.5. The molecule has 0 aromatic carbocycles. The molecule has 0 radical (unpaired) electrons. The molecule has 0 atom stereocenters. The molecule has 100 valence electrons. The second-order valence-electron chi connectivity index (χ2n) is 4.59. The molecule has 1 aromatic rings. The van der Waals surface area contributed by atoms with E-state index in [1.165, 1.54) is 24.2 Å². The van der Waals surface area contributed by atoms with E-state index in [4.69, 9.17) is 10.9 Å². The van der Waals surface area contributed by atoms with Crippen LogP contribution in [-0.4, -0.2) is 35.1 Å². The van der Waals surface area contributed by atoms with E-state index >= 15 is 0 Å². The lowest BCUT2D eigenvalue weighted by molar-refractivity contribution is 0.0957. The van der Waals surface area contributed by atoms with Crippen molar-refractivity contribution in [3.8, 4) is 0 Å². The lowest BCUT2D eigenvalue weighted by Gasteiger charge is -2.20. The number of carbonyl (C=O) groups excluding carboxylic acids is 1. The zero-order chi connectivity index (χ0) is 13.1. The van der Waals surface area contributed by atoms with E-state index in [1.807, 2.05) is 13.0 Å². The molecule has 5 nitrogen and oxygen atoms in total. The van der Waals surface area contributed by atoms with Gasteiger partial charge in [-0.05, 0) is 31.4 Å². The molecule has 18 heavy (non-hydrogen) atoms. The van der Waals surface area contributed by atoms with E-state index in [2.05, 4.69) is 10.3 Å². The predicted octanol–water partition coefficient (Wildman–Crippen LogP) is 0.617. The zero-order valence-electron chi connectivity index (χ0n) is 10.5. The summed E-state index contributed by atoms with van der Waals surface area (Å²) in [7, 11) is 0. The standard InChI is InChI=1S/C12H19N3O2S/c1-8-9(6-11(18-8)12(17)14-13)7-15(4-5-16)10-2-3-10/h6,10,16H,2-5,7,13H2,1H3,(H,14,17). The number of aryl methyl sites for hydroxylation is 1. The number of carbonyl (C=O) groups is 1. The highest BCUT2D eigenvalue weighted by molar-refractivity contribution is 7.14. The van der Waals surface area contributed by atoms with Crippen molar-refractivity contribution in [3.05, 3.63) is 21.4 Å². The molecule has 1 heterocycles. The van der Waals surface area contributed by atoms with Gasteiger partial charge >= 0.3 is 0 Å². The molecule has 2 rings (SSSR count). The van der Waals surface area contributed by atoms with Crippen molar-refractivity contribution in [1.82, 2.24) is 10.3 Å². The number of amides is 1. The number of nitrogens with zero attached hydrogens (tertiary/aromatic N) is 1. The van der Waals surface area contributed by atoms with Gasteiger partial charge in [0.2, 0.25) is 0 Å². The van der Waals surface area contributed by atoms with Crippen molar-refractivity contribution >= 4 is 17.2 Å². The fraction of sp³-hybridized carbons (Fsp3) is 0.583. The number of rotatable bonds is 6. The van der Waals surface area contributed by atoms with Gasteiger partial charge in [-0.1, -0.05) is 0 Å². The van der Waals surface area contributed by atoms with Crippen LogP contribution < -0.4 is 11.3 Å². The van der Waals surface area contributed by atoms with Crippen molar-refractivity contribution in [2.24, 2.45) is 5.84 Å². The monoisotopic (exact) mass is 269 g/mol. The number of nitrogens with two attached hydrogens (primary N) is 1. The maximum absolute atomic E-state index is 11.5. The van der Waals surface area contributed by atoms with E-state index in [9.17, 15) is 4.79 Å². The van der Waals surface area contributed by atoms with Crippen LogP contribution >= 0.6 is 11.3 Å². The van der Waals surface area contributed by atoms with Gasteiger partial charge in [0.1, 0.15) is 0 Å². The third-order valence-electron chi connectivity index (χ3n) is 3.20. The van der Waals surface area contributed by atoms with Crippen LogP contribution in [0.5, 0.6) is 0 Å². The summed E-state index contributed by atoms with van der Waals surface area (Å²) in [6.45, 7) is 3.68. The van der Waals surface area contributed by atoms with Gasteiger partial charge in [0, 0.05) is 24.0 Å². The smallest absolute Gasteiger partial charge is 0.275 e. The molecule has 1 saturated carbocycles. The fourth-order valence-electron chi connectivity index (χ4n) is 2.04. The predicted molar refractivity (Wildman–Crippen MR) is 71.2 cm³/mol. The molecule has 1 amide bonds. The molecule has 1 aliphatic rings. The Morgan fingerprint density at radius 3 is 2.94 bits per heavy atom. The Morgan fingerprint density at radius 2 is 2.39 bits per heavy atom. The Hall–Kier alpha value is -0.950. The number of thiophene rings is 1. The van der Waals surface area contributed by atoms with Crippen LogP contribution in [0.15, 0.2) is 6.07 Å². The summed E-state index contributed by atoms with van der Waals surface area (Å²) in [5.41, 5.74) is 3.31. The summed E-state index contributed by atoms with van der Waals surface area (Å²) in [4.78, 5) is 15.5. The highest BCUT2D eigenvalue weighted by atomic mass is 32.1. The minimum atomic E-state index is -0.241. The molecular formula is C12H19N3O2S. The summed E-state index contributed by atoms with van der Waals surface area (Å²) >= 11 is 1.46. The Labute approximate surface area is 111 Å². The summed E-state index contributed by atoms with van der Waals surface area (Å²) < 4.78 is 0. The van der Waals surface area contributed by atoms with Gasteiger partial charge in [0.05, 0.1) is 11.5 Å². The average Bonchev–Trinajstić information content (AvgIpc) is 3.14. The molecule has 1 aromatic heterocycles. The Kier molecular flexibility index (Phi) is 4.34. The van der Waals surface area contributed by atoms with Crippen molar-refractivity contribution in [2.75, 3.05) is 13.2 Å². The summed E-state index contributed by atoms with van der Waals surface area (Å²) in [5.74, 6) is 4.89. The fourth-order valence-corrected chi connectivity index (χ4v) is 2.97. The first-order valence-corrected chi connectivity index (χ1v) is 6.92. The van der Waals surface area contributed by atoms with Gasteiger partial charge in [0.15, 0.2) is 0 Å². The topological polar surface area (TPSA) is 78.6 Å². The average molecular weight is 269 g/mol. The highest BCUT2D eigenvalue weighted by Crippen LogP contribution is 2.30. The van der Waals surface area contributed by atoms with E-state index in [1.54, 1.807) is 0 Å². The van der Waals surface area contributed by atoms with Crippen molar-refractivity contribution < 1.29 is 9.90 Å². The number of nitrogen functional groups attached to an aromatic ring is 1. The van der Waals surface area contributed by atoms with E-state index in [0.29, 0.717) is 17.5 Å². The quantitative estimate of drug-likeness (QED) is 0.402. The van der Waals surface area contributed by atoms with Crippen LogP contribution in [0.25, 0.3) is 0 Å². The van der Waals surface area contributed by atoms with Crippen molar-refractivity contribution in [3.63, 3.8) is 0 Å². The molecular weight excluding hydrogens is 250 g/mol. The Morgan fingerprint density at radius 1 is 1.67 bits per heavy atom. The number of hydrazine groups is 1. The molecule has 4 N–H and O–H groups in total. The van der Waals surface area contributed by atoms with Crippen LogP contribution in [0.1, 0.15) is 33.0 Å². The molecule has 6 heteroatoms. The molecule has 1 aliphatic carbocycles. The van der Waals surface area contributed by atoms with Crippen LogP contribution in [0.4, 0.5) is 0 Å². The third-order valence-corrected chi connectivity index (χ3v) is 4.29. The second kappa shape index (κ2) is 5.79. The van der Waals surface area contributed by atoms with Gasteiger partial charge in [-0.25, -0.2) is 5.84 Å².